The second kappa shape index (κ2) is 6.13. The van der Waals surface area contributed by atoms with E-state index in [0.717, 1.165) is 28.5 Å². The monoisotopic (exact) mass is 281 g/mol. The van der Waals surface area contributed by atoms with Crippen molar-refractivity contribution in [3.63, 3.8) is 0 Å². The van der Waals surface area contributed by atoms with Crippen molar-refractivity contribution in [2.24, 2.45) is 0 Å². The van der Waals surface area contributed by atoms with Gasteiger partial charge in [0.1, 0.15) is 23.8 Å². The van der Waals surface area contributed by atoms with Gasteiger partial charge in [-0.2, -0.15) is 0 Å². The molecule has 0 fully saturated rings. The Morgan fingerprint density at radius 3 is 2.38 bits per heavy atom. The van der Waals surface area contributed by atoms with Gasteiger partial charge in [0.15, 0.2) is 5.76 Å². The van der Waals surface area contributed by atoms with Crippen molar-refractivity contribution in [1.82, 2.24) is 5.16 Å². The number of aromatic nitrogens is 1. The van der Waals surface area contributed by atoms with Gasteiger partial charge in [-0.3, -0.25) is 0 Å². The predicted molar refractivity (Wildman–Crippen MR) is 79.3 cm³/mol. The fraction of sp³-hybridized carbons (Fsp3) is 0.118. The summed E-state index contributed by atoms with van der Waals surface area (Å²) in [5.41, 5.74) is 1.75. The summed E-state index contributed by atoms with van der Waals surface area (Å²) in [5, 5.41) is 4.02. The molecular formula is C17H15NO3. The zero-order valence-corrected chi connectivity index (χ0v) is 11.7. The zero-order valence-electron chi connectivity index (χ0n) is 11.7. The lowest BCUT2D eigenvalue weighted by molar-refractivity contribution is 0.289. The molecule has 0 radical (unpaired) electrons. The Morgan fingerprint density at radius 2 is 1.67 bits per heavy atom. The van der Waals surface area contributed by atoms with Crippen molar-refractivity contribution < 1.29 is 14.0 Å². The fourth-order valence-corrected chi connectivity index (χ4v) is 1.95. The normalized spacial score (nSPS) is 10.3. The summed E-state index contributed by atoms with van der Waals surface area (Å²) in [4.78, 5) is 0. The van der Waals surface area contributed by atoms with E-state index in [2.05, 4.69) is 5.16 Å². The standard InChI is InChI=1S/C17H15NO3/c1-19-15-7-9-16(10-8-15)20-12-14-11-17(21-18-14)13-5-3-2-4-6-13/h2-11H,12H2,1H3. The molecule has 0 bridgehead atoms. The Kier molecular flexibility index (Phi) is 3.87. The predicted octanol–water partition coefficient (Wildman–Crippen LogP) is 3.93. The summed E-state index contributed by atoms with van der Waals surface area (Å²) in [6.07, 6.45) is 0. The van der Waals surface area contributed by atoms with Crippen LogP contribution in [0.5, 0.6) is 11.5 Å². The molecule has 0 aliphatic heterocycles. The third kappa shape index (κ3) is 3.23. The molecule has 0 saturated heterocycles. The van der Waals surface area contributed by atoms with Gasteiger partial charge >= 0.3 is 0 Å². The molecule has 0 aliphatic carbocycles. The van der Waals surface area contributed by atoms with Gasteiger partial charge in [-0.25, -0.2) is 0 Å². The van der Waals surface area contributed by atoms with Crippen molar-refractivity contribution in [2.45, 2.75) is 6.61 Å². The molecule has 1 heterocycles. The lowest BCUT2D eigenvalue weighted by Gasteiger charge is -2.04. The van der Waals surface area contributed by atoms with E-state index in [-0.39, 0.29) is 0 Å². The molecular weight excluding hydrogens is 266 g/mol. The van der Waals surface area contributed by atoms with Gasteiger partial charge in [0, 0.05) is 11.6 Å². The minimum Gasteiger partial charge on any atom is -0.497 e. The summed E-state index contributed by atoms with van der Waals surface area (Å²) in [7, 11) is 1.64. The molecule has 0 unspecified atom stereocenters. The Bertz CT molecular complexity index is 690. The number of methoxy groups -OCH3 is 1. The minimum absolute atomic E-state index is 0.364. The highest BCUT2D eigenvalue weighted by Gasteiger charge is 2.07. The molecule has 0 N–H and O–H groups in total. The topological polar surface area (TPSA) is 44.5 Å². The van der Waals surface area contributed by atoms with Crippen LogP contribution in [0.2, 0.25) is 0 Å². The van der Waals surface area contributed by atoms with Crippen LogP contribution < -0.4 is 9.47 Å². The SMILES string of the molecule is COc1ccc(OCc2cc(-c3ccccc3)on2)cc1. The van der Waals surface area contributed by atoms with Crippen molar-refractivity contribution in [1.29, 1.82) is 0 Å². The van der Waals surface area contributed by atoms with E-state index in [1.54, 1.807) is 7.11 Å². The molecule has 0 aliphatic rings. The molecule has 0 saturated carbocycles. The Labute approximate surface area is 122 Å². The van der Waals surface area contributed by atoms with Crippen LogP contribution >= 0.6 is 0 Å². The molecule has 2 aromatic carbocycles. The van der Waals surface area contributed by atoms with Gasteiger partial charge in [-0.1, -0.05) is 35.5 Å². The van der Waals surface area contributed by atoms with Crippen LogP contribution in [0.3, 0.4) is 0 Å². The quantitative estimate of drug-likeness (QED) is 0.710. The van der Waals surface area contributed by atoms with Crippen molar-refractivity contribution in [3.8, 4) is 22.8 Å². The molecule has 4 heteroatoms. The zero-order chi connectivity index (χ0) is 14.5. The van der Waals surface area contributed by atoms with Crippen LogP contribution in [0, 0.1) is 0 Å². The molecule has 4 nitrogen and oxygen atoms in total. The van der Waals surface area contributed by atoms with Crippen LogP contribution in [0.25, 0.3) is 11.3 Å². The maximum atomic E-state index is 5.66. The molecule has 3 rings (SSSR count). The van der Waals surface area contributed by atoms with Crippen molar-refractivity contribution in [2.75, 3.05) is 7.11 Å². The van der Waals surface area contributed by atoms with Gasteiger partial charge in [0.25, 0.3) is 0 Å². The maximum absolute atomic E-state index is 5.66. The first-order chi connectivity index (χ1) is 10.3. The highest BCUT2D eigenvalue weighted by molar-refractivity contribution is 5.56. The number of ether oxygens (including phenoxy) is 2. The molecule has 3 aromatic rings. The average molecular weight is 281 g/mol. The number of benzene rings is 2. The summed E-state index contributed by atoms with van der Waals surface area (Å²) < 4.78 is 16.1. The smallest absolute Gasteiger partial charge is 0.167 e. The van der Waals surface area contributed by atoms with Crippen molar-refractivity contribution >= 4 is 0 Å². The molecule has 0 spiro atoms. The first-order valence-electron chi connectivity index (χ1n) is 6.63. The first kappa shape index (κ1) is 13.2. The first-order valence-corrected chi connectivity index (χ1v) is 6.63. The Hall–Kier alpha value is -2.75. The lowest BCUT2D eigenvalue weighted by Crippen LogP contribution is -1.95. The van der Waals surface area contributed by atoms with E-state index in [0.29, 0.717) is 6.61 Å². The number of nitrogens with zero attached hydrogens (tertiary/aromatic N) is 1. The van der Waals surface area contributed by atoms with Crippen LogP contribution in [0.4, 0.5) is 0 Å². The molecule has 0 amide bonds. The maximum Gasteiger partial charge on any atom is 0.167 e. The number of hydrogen-bond acceptors (Lipinski definition) is 4. The molecule has 0 atom stereocenters. The molecule has 21 heavy (non-hydrogen) atoms. The average Bonchev–Trinajstić information content (AvgIpc) is 3.03. The van der Waals surface area contributed by atoms with E-state index in [4.69, 9.17) is 14.0 Å². The Morgan fingerprint density at radius 1 is 0.952 bits per heavy atom. The van der Waals surface area contributed by atoms with E-state index in [1.807, 2.05) is 60.7 Å². The second-order valence-corrected chi connectivity index (χ2v) is 4.51. The number of hydrogen-bond donors (Lipinski definition) is 0. The van der Waals surface area contributed by atoms with Crippen LogP contribution in [-0.4, -0.2) is 12.3 Å². The van der Waals surface area contributed by atoms with E-state index >= 15 is 0 Å². The highest BCUT2D eigenvalue weighted by atomic mass is 16.5. The Balaban J connectivity index is 1.64. The van der Waals surface area contributed by atoms with Gasteiger partial charge < -0.3 is 14.0 Å². The highest BCUT2D eigenvalue weighted by Crippen LogP contribution is 2.21. The van der Waals surface area contributed by atoms with E-state index < -0.39 is 0 Å². The summed E-state index contributed by atoms with van der Waals surface area (Å²) >= 11 is 0. The third-order valence-corrected chi connectivity index (χ3v) is 3.06. The van der Waals surface area contributed by atoms with Crippen LogP contribution in [0.15, 0.2) is 65.2 Å². The second-order valence-electron chi connectivity index (χ2n) is 4.51. The van der Waals surface area contributed by atoms with Crippen molar-refractivity contribution in [3.05, 3.63) is 66.4 Å². The molecule has 1 aromatic heterocycles. The summed E-state index contributed by atoms with van der Waals surface area (Å²) in [6, 6.07) is 19.2. The van der Waals surface area contributed by atoms with Gasteiger partial charge in [0.2, 0.25) is 0 Å². The molecule has 106 valence electrons. The minimum atomic E-state index is 0.364. The van der Waals surface area contributed by atoms with Gasteiger partial charge in [0.05, 0.1) is 7.11 Å². The lowest BCUT2D eigenvalue weighted by atomic mass is 10.2. The van der Waals surface area contributed by atoms with Gasteiger partial charge in [-0.15, -0.1) is 0 Å². The van der Waals surface area contributed by atoms with Crippen LogP contribution in [0.1, 0.15) is 5.69 Å². The third-order valence-electron chi connectivity index (χ3n) is 3.06. The van der Waals surface area contributed by atoms with E-state index in [9.17, 15) is 0 Å². The summed E-state index contributed by atoms with van der Waals surface area (Å²) in [6.45, 7) is 0.364. The number of rotatable bonds is 5. The summed E-state index contributed by atoms with van der Waals surface area (Å²) in [5.74, 6) is 2.30. The van der Waals surface area contributed by atoms with E-state index in [1.165, 1.54) is 0 Å². The fourth-order valence-electron chi connectivity index (χ4n) is 1.95. The largest absolute Gasteiger partial charge is 0.497 e. The van der Waals surface area contributed by atoms with Crippen LogP contribution in [-0.2, 0) is 6.61 Å². The van der Waals surface area contributed by atoms with Gasteiger partial charge in [-0.05, 0) is 24.3 Å².